The Morgan fingerprint density at radius 2 is 2.03 bits per heavy atom. The monoisotopic (exact) mass is 483 g/mol. The Bertz CT molecular complexity index is 954. The molecule has 1 aliphatic rings. The zero-order chi connectivity index (χ0) is 22.9. The van der Waals surface area contributed by atoms with E-state index in [1.165, 1.54) is 12.3 Å². The molecule has 172 valence electrons. The van der Waals surface area contributed by atoms with E-state index in [0.717, 1.165) is 12.1 Å². The van der Waals surface area contributed by atoms with Crippen molar-refractivity contribution in [1.29, 1.82) is 0 Å². The van der Waals surface area contributed by atoms with E-state index < -0.39 is 5.91 Å². The highest BCUT2D eigenvalue weighted by Gasteiger charge is 2.21. The molecule has 0 spiro atoms. The second-order valence-corrected chi connectivity index (χ2v) is 7.87. The molecule has 1 fully saturated rings. The minimum absolute atomic E-state index is 0.0925. The van der Waals surface area contributed by atoms with Crippen LogP contribution in [0.25, 0.3) is 0 Å². The standard InChI is InChI=1S/C20H23Cl2N5O5/c21-17-2-1-13(5-18(17)22)9-27-3-4-31-16(10-27)8-24-20(30)23-7-15-6-14(11-32-15)19(29)26-25-12-28/h1-2,5-6,11-12,16H,3-4,7-10H2,(H,25,28)(H,26,29)(H2,23,24,30)/t16-/m0/s1. The Labute approximate surface area is 194 Å². The number of carbonyl (C=O) groups is 3. The van der Waals surface area contributed by atoms with Crippen molar-refractivity contribution in [2.45, 2.75) is 19.2 Å². The van der Waals surface area contributed by atoms with Crippen molar-refractivity contribution in [3.8, 4) is 0 Å². The molecule has 3 rings (SSSR count). The van der Waals surface area contributed by atoms with Crippen molar-refractivity contribution in [2.24, 2.45) is 0 Å². The number of furan rings is 1. The molecule has 1 atom stereocenters. The number of hydrazine groups is 1. The maximum Gasteiger partial charge on any atom is 0.315 e. The van der Waals surface area contributed by atoms with Gasteiger partial charge in [0.2, 0.25) is 6.41 Å². The number of morpholine rings is 1. The SMILES string of the molecule is O=CNNC(=O)c1coc(CNC(=O)NC[C@H]2CN(Cc3ccc(Cl)c(Cl)c3)CCO2)c1. The van der Waals surface area contributed by atoms with E-state index in [0.29, 0.717) is 48.5 Å². The van der Waals surface area contributed by atoms with Crippen molar-refractivity contribution in [3.63, 3.8) is 0 Å². The van der Waals surface area contributed by atoms with E-state index in [2.05, 4.69) is 21.0 Å². The Morgan fingerprint density at radius 1 is 1.19 bits per heavy atom. The predicted molar refractivity (Wildman–Crippen MR) is 117 cm³/mol. The van der Waals surface area contributed by atoms with Crippen LogP contribution in [0.15, 0.2) is 34.9 Å². The minimum Gasteiger partial charge on any atom is -0.467 e. The summed E-state index contributed by atoms with van der Waals surface area (Å²) in [6, 6.07) is 6.64. The molecule has 12 heteroatoms. The summed E-state index contributed by atoms with van der Waals surface area (Å²) in [5, 5.41) is 6.47. The number of hydrogen-bond donors (Lipinski definition) is 4. The number of urea groups is 1. The molecule has 4 amide bonds. The van der Waals surface area contributed by atoms with E-state index in [9.17, 15) is 14.4 Å². The Morgan fingerprint density at radius 3 is 2.81 bits per heavy atom. The van der Waals surface area contributed by atoms with Gasteiger partial charge in [0, 0.05) is 26.2 Å². The third-order valence-electron chi connectivity index (χ3n) is 4.69. The van der Waals surface area contributed by atoms with Gasteiger partial charge in [0.1, 0.15) is 12.0 Å². The summed E-state index contributed by atoms with van der Waals surface area (Å²) in [5.41, 5.74) is 5.48. The van der Waals surface area contributed by atoms with E-state index >= 15 is 0 Å². The molecule has 0 bridgehead atoms. The lowest BCUT2D eigenvalue weighted by molar-refractivity contribution is -0.110. The summed E-state index contributed by atoms with van der Waals surface area (Å²) in [6.45, 7) is 3.14. The number of ether oxygens (including phenoxy) is 1. The number of hydrogen-bond acceptors (Lipinski definition) is 6. The first kappa shape index (κ1) is 23.9. The van der Waals surface area contributed by atoms with Gasteiger partial charge in [-0.1, -0.05) is 29.3 Å². The van der Waals surface area contributed by atoms with Crippen LogP contribution in [0.2, 0.25) is 10.0 Å². The van der Waals surface area contributed by atoms with Gasteiger partial charge in [-0.15, -0.1) is 0 Å². The van der Waals surface area contributed by atoms with Gasteiger partial charge in [-0.3, -0.25) is 25.3 Å². The van der Waals surface area contributed by atoms with Crippen LogP contribution >= 0.6 is 23.2 Å². The van der Waals surface area contributed by atoms with E-state index in [1.807, 2.05) is 17.6 Å². The highest BCUT2D eigenvalue weighted by molar-refractivity contribution is 6.42. The van der Waals surface area contributed by atoms with Crippen LogP contribution in [0.5, 0.6) is 0 Å². The Hall–Kier alpha value is -2.79. The van der Waals surface area contributed by atoms with Crippen molar-refractivity contribution in [3.05, 3.63) is 57.5 Å². The normalized spacial score (nSPS) is 16.2. The first-order valence-electron chi connectivity index (χ1n) is 9.81. The van der Waals surface area contributed by atoms with Gasteiger partial charge in [0.05, 0.1) is 34.9 Å². The fraction of sp³-hybridized carbons (Fsp3) is 0.350. The van der Waals surface area contributed by atoms with Gasteiger partial charge in [-0.05, 0) is 23.8 Å². The summed E-state index contributed by atoms with van der Waals surface area (Å²) in [5.74, 6) is -0.144. The third kappa shape index (κ3) is 7.13. The lowest BCUT2D eigenvalue weighted by Gasteiger charge is -2.33. The zero-order valence-electron chi connectivity index (χ0n) is 17.0. The Kier molecular flexibility index (Phi) is 8.74. The number of carbonyl (C=O) groups excluding carboxylic acids is 3. The maximum atomic E-state index is 12.1. The molecule has 1 aliphatic heterocycles. The second kappa shape index (κ2) is 11.7. The summed E-state index contributed by atoms with van der Waals surface area (Å²) in [7, 11) is 0. The van der Waals surface area contributed by atoms with Gasteiger partial charge in [-0.25, -0.2) is 4.79 Å². The molecule has 2 aromatic rings. The molecule has 1 saturated heterocycles. The lowest BCUT2D eigenvalue weighted by Crippen LogP contribution is -2.48. The van der Waals surface area contributed by atoms with Gasteiger partial charge in [0.15, 0.2) is 0 Å². The average molecular weight is 484 g/mol. The summed E-state index contributed by atoms with van der Waals surface area (Å²) < 4.78 is 11.0. The van der Waals surface area contributed by atoms with Crippen LogP contribution in [0.4, 0.5) is 4.79 Å². The molecule has 4 N–H and O–H groups in total. The first-order chi connectivity index (χ1) is 15.4. The van der Waals surface area contributed by atoms with Crippen LogP contribution in [0.3, 0.4) is 0 Å². The number of nitrogens with one attached hydrogen (secondary N) is 4. The topological polar surface area (TPSA) is 125 Å². The molecule has 1 aromatic carbocycles. The number of nitrogens with zero attached hydrogens (tertiary/aromatic N) is 1. The largest absolute Gasteiger partial charge is 0.467 e. The Balaban J connectivity index is 1.39. The molecule has 10 nitrogen and oxygen atoms in total. The highest BCUT2D eigenvalue weighted by Crippen LogP contribution is 2.23. The molecule has 0 saturated carbocycles. The number of benzene rings is 1. The fourth-order valence-electron chi connectivity index (χ4n) is 3.14. The zero-order valence-corrected chi connectivity index (χ0v) is 18.5. The quantitative estimate of drug-likeness (QED) is 0.317. The molecule has 0 aliphatic carbocycles. The number of halogens is 2. The smallest absolute Gasteiger partial charge is 0.315 e. The molecule has 32 heavy (non-hydrogen) atoms. The van der Waals surface area contributed by atoms with Crippen LogP contribution in [0.1, 0.15) is 21.7 Å². The summed E-state index contributed by atoms with van der Waals surface area (Å²) in [6.07, 6.45) is 1.42. The van der Waals surface area contributed by atoms with Gasteiger partial charge >= 0.3 is 6.03 Å². The fourth-order valence-corrected chi connectivity index (χ4v) is 3.46. The van der Waals surface area contributed by atoms with Crippen molar-refractivity contribution >= 4 is 41.6 Å². The van der Waals surface area contributed by atoms with E-state index in [1.54, 1.807) is 6.07 Å². The first-order valence-corrected chi connectivity index (χ1v) is 10.6. The van der Waals surface area contributed by atoms with Crippen LogP contribution in [0, 0.1) is 0 Å². The molecule has 0 unspecified atom stereocenters. The molecular weight excluding hydrogens is 461 g/mol. The van der Waals surface area contributed by atoms with Gasteiger partial charge < -0.3 is 19.8 Å². The number of amides is 4. The van der Waals surface area contributed by atoms with Gasteiger partial charge in [-0.2, -0.15) is 0 Å². The predicted octanol–water partition coefficient (Wildman–Crippen LogP) is 1.68. The van der Waals surface area contributed by atoms with Crippen LogP contribution in [-0.4, -0.2) is 55.6 Å². The van der Waals surface area contributed by atoms with E-state index in [4.69, 9.17) is 32.4 Å². The lowest BCUT2D eigenvalue weighted by atomic mass is 10.2. The minimum atomic E-state index is -0.531. The molecule has 0 radical (unpaired) electrons. The van der Waals surface area contributed by atoms with Crippen LogP contribution < -0.4 is 21.5 Å². The maximum absolute atomic E-state index is 12.1. The highest BCUT2D eigenvalue weighted by atomic mass is 35.5. The molecular formula is C20H23Cl2N5O5. The molecule has 2 heterocycles. The number of rotatable bonds is 9. The second-order valence-electron chi connectivity index (χ2n) is 7.06. The van der Waals surface area contributed by atoms with E-state index in [-0.39, 0.29) is 24.2 Å². The third-order valence-corrected chi connectivity index (χ3v) is 5.43. The van der Waals surface area contributed by atoms with Gasteiger partial charge in [0.25, 0.3) is 5.91 Å². The molecule has 1 aromatic heterocycles. The van der Waals surface area contributed by atoms with Crippen molar-refractivity contribution < 1.29 is 23.5 Å². The van der Waals surface area contributed by atoms with Crippen molar-refractivity contribution in [1.82, 2.24) is 26.4 Å². The average Bonchev–Trinajstić information content (AvgIpc) is 3.27. The summed E-state index contributed by atoms with van der Waals surface area (Å²) >= 11 is 12.1. The van der Waals surface area contributed by atoms with Crippen LogP contribution in [-0.2, 0) is 22.6 Å². The van der Waals surface area contributed by atoms with Crippen molar-refractivity contribution in [2.75, 3.05) is 26.2 Å². The summed E-state index contributed by atoms with van der Waals surface area (Å²) in [4.78, 5) is 36.2.